The Bertz CT molecular complexity index is 314. The molecule has 13 heavy (non-hydrogen) atoms. The Hall–Kier alpha value is -0.410. The molecule has 0 amide bonds. The highest BCUT2D eigenvalue weighted by Crippen LogP contribution is 2.37. The second-order valence-corrected chi connectivity index (χ2v) is 4.16. The molecular formula is C9H10ClNOS. The van der Waals surface area contributed by atoms with Gasteiger partial charge in [-0.3, -0.25) is 0 Å². The molecule has 2 rings (SSSR count). The third-order valence-electron chi connectivity index (χ3n) is 1.85. The van der Waals surface area contributed by atoms with Crippen LogP contribution in [0.25, 0.3) is 0 Å². The molecule has 0 N–H and O–H groups in total. The molecule has 0 radical (unpaired) electrons. The summed E-state index contributed by atoms with van der Waals surface area (Å²) in [4.78, 5) is 5.06. The van der Waals surface area contributed by atoms with E-state index >= 15 is 0 Å². The van der Waals surface area contributed by atoms with Gasteiger partial charge in [-0.05, 0) is 25.2 Å². The van der Waals surface area contributed by atoms with Gasteiger partial charge < -0.3 is 4.74 Å². The Kier molecular flexibility index (Phi) is 2.65. The molecule has 0 unspecified atom stereocenters. The number of ether oxygens (including phenoxy) is 1. The minimum absolute atomic E-state index is 0.368. The smallest absolute Gasteiger partial charge is 0.172 e. The zero-order valence-corrected chi connectivity index (χ0v) is 8.86. The van der Waals surface area contributed by atoms with Crippen LogP contribution in [-0.4, -0.2) is 17.3 Å². The highest BCUT2D eigenvalue weighted by atomic mass is 35.5. The molecule has 1 aromatic heterocycles. The van der Waals surface area contributed by atoms with E-state index in [1.165, 1.54) is 0 Å². The van der Waals surface area contributed by atoms with E-state index < -0.39 is 0 Å². The Morgan fingerprint density at radius 3 is 3.00 bits per heavy atom. The van der Waals surface area contributed by atoms with E-state index in [1.54, 1.807) is 18.0 Å². The average molecular weight is 216 g/mol. The molecule has 1 fully saturated rings. The number of nitrogens with zero attached hydrogens (tertiary/aromatic N) is 1. The summed E-state index contributed by atoms with van der Waals surface area (Å²) in [5.74, 6) is 0.749. The molecule has 1 saturated carbocycles. The topological polar surface area (TPSA) is 22.1 Å². The first kappa shape index (κ1) is 9.16. The molecule has 4 heteroatoms. The molecule has 0 spiro atoms. The fourth-order valence-corrected chi connectivity index (χ4v) is 1.81. The molecule has 1 aromatic rings. The van der Waals surface area contributed by atoms with Crippen LogP contribution in [-0.2, 0) is 0 Å². The van der Waals surface area contributed by atoms with Gasteiger partial charge in [-0.25, -0.2) is 4.98 Å². The summed E-state index contributed by atoms with van der Waals surface area (Å²) in [7, 11) is 0. The molecule has 0 saturated heterocycles. The van der Waals surface area contributed by atoms with E-state index in [0.717, 1.165) is 23.5 Å². The van der Waals surface area contributed by atoms with Crippen molar-refractivity contribution in [3.8, 4) is 5.75 Å². The summed E-state index contributed by atoms with van der Waals surface area (Å²) in [6.45, 7) is 0. The van der Waals surface area contributed by atoms with Crippen molar-refractivity contribution in [1.29, 1.82) is 0 Å². The van der Waals surface area contributed by atoms with Gasteiger partial charge in [0.2, 0.25) is 0 Å². The van der Waals surface area contributed by atoms with Gasteiger partial charge >= 0.3 is 0 Å². The lowest BCUT2D eigenvalue weighted by Crippen LogP contribution is -1.98. The molecule has 1 aliphatic carbocycles. The maximum absolute atomic E-state index is 5.93. The van der Waals surface area contributed by atoms with Crippen LogP contribution >= 0.6 is 23.4 Å². The minimum atomic E-state index is 0.368. The van der Waals surface area contributed by atoms with Crippen LogP contribution in [0.2, 0.25) is 5.15 Å². The van der Waals surface area contributed by atoms with Crippen molar-refractivity contribution in [2.45, 2.75) is 23.8 Å². The zero-order valence-electron chi connectivity index (χ0n) is 7.29. The molecule has 0 aromatic carbocycles. The van der Waals surface area contributed by atoms with Crippen molar-refractivity contribution in [3.63, 3.8) is 0 Å². The van der Waals surface area contributed by atoms with Crippen molar-refractivity contribution < 1.29 is 4.74 Å². The first-order valence-corrected chi connectivity index (χ1v) is 5.76. The van der Waals surface area contributed by atoms with Crippen molar-refractivity contribution in [1.82, 2.24) is 4.98 Å². The third kappa shape index (κ3) is 2.09. The van der Waals surface area contributed by atoms with Crippen molar-refractivity contribution in [2.75, 3.05) is 6.26 Å². The van der Waals surface area contributed by atoms with E-state index in [9.17, 15) is 0 Å². The summed E-state index contributed by atoms with van der Waals surface area (Å²) in [6.07, 6.45) is 6.35. The van der Waals surface area contributed by atoms with Gasteiger partial charge in [0.15, 0.2) is 10.9 Å². The second kappa shape index (κ2) is 3.76. The van der Waals surface area contributed by atoms with Crippen LogP contribution in [0, 0.1) is 0 Å². The van der Waals surface area contributed by atoms with Gasteiger partial charge in [0.1, 0.15) is 0 Å². The molecule has 1 aliphatic rings. The summed E-state index contributed by atoms with van der Waals surface area (Å²) in [6, 6.07) is 1.92. The van der Waals surface area contributed by atoms with Gasteiger partial charge in [-0.1, -0.05) is 11.6 Å². The number of rotatable bonds is 3. The second-order valence-electron chi connectivity index (χ2n) is 2.95. The lowest BCUT2D eigenvalue weighted by atomic mass is 10.4. The summed E-state index contributed by atoms with van der Waals surface area (Å²) in [5.41, 5.74) is 0. The van der Waals surface area contributed by atoms with Crippen LogP contribution in [0.4, 0.5) is 0 Å². The van der Waals surface area contributed by atoms with E-state index in [1.807, 2.05) is 12.3 Å². The van der Waals surface area contributed by atoms with E-state index in [2.05, 4.69) is 4.98 Å². The number of hydrogen-bond acceptors (Lipinski definition) is 3. The first-order chi connectivity index (χ1) is 6.31. The Morgan fingerprint density at radius 2 is 2.38 bits per heavy atom. The summed E-state index contributed by atoms with van der Waals surface area (Å²) < 4.78 is 5.66. The van der Waals surface area contributed by atoms with Crippen molar-refractivity contribution in [3.05, 3.63) is 17.4 Å². The standard InChI is InChI=1S/C9H10ClNOS/c1-13-7-4-5-11-9(10)8(7)12-6-2-3-6/h4-6H,2-3H2,1H3. The largest absolute Gasteiger partial charge is 0.486 e. The third-order valence-corrected chi connectivity index (χ3v) is 2.88. The predicted molar refractivity (Wildman–Crippen MR) is 54.7 cm³/mol. The van der Waals surface area contributed by atoms with Crippen LogP contribution in [0.5, 0.6) is 5.75 Å². The molecule has 2 nitrogen and oxygen atoms in total. The zero-order chi connectivity index (χ0) is 9.26. The Morgan fingerprint density at radius 1 is 1.62 bits per heavy atom. The number of hydrogen-bond donors (Lipinski definition) is 0. The maximum Gasteiger partial charge on any atom is 0.172 e. The molecule has 0 atom stereocenters. The van der Waals surface area contributed by atoms with Crippen molar-refractivity contribution in [2.24, 2.45) is 0 Å². The molecule has 0 aliphatic heterocycles. The quantitative estimate of drug-likeness (QED) is 0.572. The van der Waals surface area contributed by atoms with Gasteiger partial charge in [-0.2, -0.15) is 0 Å². The number of thioether (sulfide) groups is 1. The first-order valence-electron chi connectivity index (χ1n) is 4.16. The van der Waals surface area contributed by atoms with Gasteiger partial charge in [0.05, 0.1) is 11.0 Å². The van der Waals surface area contributed by atoms with Gasteiger partial charge in [0.25, 0.3) is 0 Å². The average Bonchev–Trinajstić information content (AvgIpc) is 2.92. The fraction of sp³-hybridized carbons (Fsp3) is 0.444. The Labute approximate surface area is 86.6 Å². The maximum atomic E-state index is 5.93. The normalized spacial score (nSPS) is 15.8. The van der Waals surface area contributed by atoms with Crippen LogP contribution in [0.3, 0.4) is 0 Å². The number of aromatic nitrogens is 1. The van der Waals surface area contributed by atoms with Crippen LogP contribution in [0.15, 0.2) is 17.2 Å². The van der Waals surface area contributed by atoms with Crippen LogP contribution in [0.1, 0.15) is 12.8 Å². The minimum Gasteiger partial charge on any atom is -0.486 e. The van der Waals surface area contributed by atoms with Gasteiger partial charge in [0, 0.05) is 6.20 Å². The predicted octanol–water partition coefficient (Wildman–Crippen LogP) is 3.00. The number of pyridine rings is 1. The highest BCUT2D eigenvalue weighted by molar-refractivity contribution is 7.98. The van der Waals surface area contributed by atoms with E-state index in [0.29, 0.717) is 11.3 Å². The molecule has 70 valence electrons. The highest BCUT2D eigenvalue weighted by Gasteiger charge is 2.25. The molecular weight excluding hydrogens is 206 g/mol. The Balaban J connectivity index is 2.27. The van der Waals surface area contributed by atoms with Crippen molar-refractivity contribution >= 4 is 23.4 Å². The van der Waals surface area contributed by atoms with E-state index in [4.69, 9.17) is 16.3 Å². The SMILES string of the molecule is CSc1ccnc(Cl)c1OC1CC1. The monoisotopic (exact) mass is 215 g/mol. The van der Waals surface area contributed by atoms with Gasteiger partial charge in [-0.15, -0.1) is 11.8 Å². The summed E-state index contributed by atoms with van der Waals surface area (Å²) in [5, 5.41) is 0.471. The molecule has 0 bridgehead atoms. The fourth-order valence-electron chi connectivity index (χ4n) is 1.03. The lowest BCUT2D eigenvalue weighted by molar-refractivity contribution is 0.295. The van der Waals surface area contributed by atoms with Crippen LogP contribution < -0.4 is 4.74 Å². The summed E-state index contributed by atoms with van der Waals surface area (Å²) >= 11 is 7.56. The van der Waals surface area contributed by atoms with E-state index in [-0.39, 0.29) is 0 Å². The number of halogens is 1. The molecule has 1 heterocycles. The lowest BCUT2D eigenvalue weighted by Gasteiger charge is -2.09.